The molecule has 4 heteroatoms. The Labute approximate surface area is 133 Å². The smallest absolute Gasteiger partial charge is 0.155 e. The fourth-order valence-electron chi connectivity index (χ4n) is 2.14. The van der Waals surface area contributed by atoms with Crippen LogP contribution in [-0.4, -0.2) is 38.0 Å². The van der Waals surface area contributed by atoms with E-state index in [2.05, 4.69) is 0 Å². The predicted octanol–water partition coefficient (Wildman–Crippen LogP) is 3.40. The predicted molar refractivity (Wildman–Crippen MR) is 86.9 cm³/mol. The number of rotatable bonds is 0. The monoisotopic (exact) mass is 308 g/mol. The van der Waals surface area contributed by atoms with Crippen molar-refractivity contribution < 1.29 is 19.1 Å². The first-order chi connectivity index (χ1) is 10.8. The van der Waals surface area contributed by atoms with Crippen LogP contribution in [0.1, 0.15) is 51.4 Å². The Morgan fingerprint density at radius 2 is 1.09 bits per heavy atom. The zero-order chi connectivity index (χ0) is 15.9. The van der Waals surface area contributed by atoms with Crippen molar-refractivity contribution in [1.82, 2.24) is 0 Å². The molecule has 0 unspecified atom stereocenters. The fourth-order valence-corrected chi connectivity index (χ4v) is 2.14. The molecule has 0 radical (unpaired) electrons. The summed E-state index contributed by atoms with van der Waals surface area (Å²) in [6.07, 6.45) is 13.8. The van der Waals surface area contributed by atoms with Gasteiger partial charge in [0.2, 0.25) is 0 Å². The van der Waals surface area contributed by atoms with Gasteiger partial charge in [-0.3, -0.25) is 9.59 Å². The molecule has 1 heterocycles. The molecule has 0 fully saturated rings. The summed E-state index contributed by atoms with van der Waals surface area (Å²) >= 11 is 0. The Morgan fingerprint density at radius 3 is 1.55 bits per heavy atom. The molecular formula is C18H28O4. The molecule has 0 aromatic heterocycles. The van der Waals surface area contributed by atoms with Gasteiger partial charge >= 0.3 is 0 Å². The third kappa shape index (κ3) is 11.4. The van der Waals surface area contributed by atoms with Gasteiger partial charge in [-0.25, -0.2) is 0 Å². The van der Waals surface area contributed by atoms with Gasteiger partial charge in [-0.05, 0) is 50.7 Å². The number of ether oxygens (including phenoxy) is 2. The van der Waals surface area contributed by atoms with E-state index in [0.717, 1.165) is 38.5 Å². The fraction of sp³-hybridized carbons (Fsp3) is 0.667. The first kappa shape index (κ1) is 18.8. The van der Waals surface area contributed by atoms with Crippen molar-refractivity contribution in [1.29, 1.82) is 0 Å². The van der Waals surface area contributed by atoms with Gasteiger partial charge in [0.1, 0.15) is 0 Å². The number of carbonyl (C=O) groups excluding carboxylic acids is 2. The third-order valence-electron chi connectivity index (χ3n) is 3.39. The molecule has 0 saturated heterocycles. The van der Waals surface area contributed by atoms with Gasteiger partial charge in [0.25, 0.3) is 0 Å². The molecule has 0 aliphatic carbocycles. The number of hydrogen-bond acceptors (Lipinski definition) is 4. The highest BCUT2D eigenvalue weighted by molar-refractivity contribution is 5.89. The first-order valence-corrected chi connectivity index (χ1v) is 8.33. The van der Waals surface area contributed by atoms with Gasteiger partial charge in [0.15, 0.2) is 11.6 Å². The van der Waals surface area contributed by atoms with E-state index in [-0.39, 0.29) is 11.6 Å². The van der Waals surface area contributed by atoms with Crippen LogP contribution in [0.3, 0.4) is 0 Å². The van der Waals surface area contributed by atoms with E-state index >= 15 is 0 Å². The Hall–Kier alpha value is -1.26. The summed E-state index contributed by atoms with van der Waals surface area (Å²) in [5.41, 5.74) is 0. The highest BCUT2D eigenvalue weighted by Gasteiger charge is 1.99. The van der Waals surface area contributed by atoms with Crippen molar-refractivity contribution >= 4 is 11.6 Å². The van der Waals surface area contributed by atoms with Crippen LogP contribution in [0, 0.1) is 0 Å². The summed E-state index contributed by atoms with van der Waals surface area (Å²) in [6, 6.07) is 0. The third-order valence-corrected chi connectivity index (χ3v) is 3.39. The van der Waals surface area contributed by atoms with Crippen LogP contribution in [0.25, 0.3) is 0 Å². The minimum atomic E-state index is 0.166. The maximum absolute atomic E-state index is 11.6. The molecule has 0 saturated carbocycles. The molecule has 0 amide bonds. The Kier molecular flexibility index (Phi) is 11.4. The first-order valence-electron chi connectivity index (χ1n) is 8.33. The second-order valence-corrected chi connectivity index (χ2v) is 5.45. The summed E-state index contributed by atoms with van der Waals surface area (Å²) in [6.45, 7) is 2.26. The van der Waals surface area contributed by atoms with Crippen LogP contribution < -0.4 is 0 Å². The van der Waals surface area contributed by atoms with Crippen LogP contribution in [0.2, 0.25) is 0 Å². The van der Waals surface area contributed by atoms with Gasteiger partial charge in [-0.2, -0.15) is 0 Å². The van der Waals surface area contributed by atoms with Crippen molar-refractivity contribution in [2.45, 2.75) is 51.4 Å². The van der Waals surface area contributed by atoms with Crippen LogP contribution in [0.15, 0.2) is 24.3 Å². The maximum atomic E-state index is 11.6. The van der Waals surface area contributed by atoms with E-state index in [1.54, 1.807) is 12.2 Å². The molecule has 1 aliphatic rings. The molecule has 1 rings (SSSR count). The Morgan fingerprint density at radius 1 is 0.636 bits per heavy atom. The average Bonchev–Trinajstić information content (AvgIpc) is 2.50. The normalized spacial score (nSPS) is 24.5. The molecule has 4 nitrogen and oxygen atoms in total. The molecule has 0 spiro atoms. The molecule has 0 atom stereocenters. The van der Waals surface area contributed by atoms with Crippen molar-refractivity contribution in [3.8, 4) is 0 Å². The van der Waals surface area contributed by atoms with E-state index in [4.69, 9.17) is 9.47 Å². The van der Waals surface area contributed by atoms with Crippen LogP contribution in [0.4, 0.5) is 0 Å². The molecule has 124 valence electrons. The molecule has 0 N–H and O–H groups in total. The molecule has 0 aromatic carbocycles. The zero-order valence-corrected chi connectivity index (χ0v) is 13.4. The van der Waals surface area contributed by atoms with E-state index in [0.29, 0.717) is 39.3 Å². The van der Waals surface area contributed by atoms with Crippen molar-refractivity contribution in [3.05, 3.63) is 24.3 Å². The maximum Gasteiger partial charge on any atom is 0.155 e. The van der Waals surface area contributed by atoms with Crippen LogP contribution >= 0.6 is 0 Å². The molecule has 22 heavy (non-hydrogen) atoms. The summed E-state index contributed by atoms with van der Waals surface area (Å²) in [7, 11) is 0. The van der Waals surface area contributed by atoms with Gasteiger partial charge in [-0.1, -0.05) is 12.2 Å². The molecular weight excluding hydrogens is 280 g/mol. The number of allylic oxidation sites excluding steroid dienone is 4. The van der Waals surface area contributed by atoms with E-state index in [1.165, 1.54) is 0 Å². The standard InChI is InChI=1S/C18H28O4/c19-17-9-5-3-1-2-4-6-10-18(20)12-8-14-22-16-15-21-13-7-11-17/h5-6,9-10H,1-4,7-8,11-16H2/b9-5+,10-6+. The number of ketones is 2. The molecule has 0 bridgehead atoms. The quantitative estimate of drug-likeness (QED) is 0.688. The molecule has 1 aliphatic heterocycles. The largest absolute Gasteiger partial charge is 0.379 e. The Bertz CT molecular complexity index is 335. The average molecular weight is 308 g/mol. The lowest BCUT2D eigenvalue weighted by molar-refractivity contribution is -0.115. The van der Waals surface area contributed by atoms with Crippen molar-refractivity contribution in [2.75, 3.05) is 26.4 Å². The van der Waals surface area contributed by atoms with Gasteiger partial charge in [0, 0.05) is 26.1 Å². The summed E-state index contributed by atoms with van der Waals surface area (Å²) in [5, 5.41) is 0. The minimum absolute atomic E-state index is 0.166. The topological polar surface area (TPSA) is 52.6 Å². The van der Waals surface area contributed by atoms with Crippen LogP contribution in [0.5, 0.6) is 0 Å². The lowest BCUT2D eigenvalue weighted by Gasteiger charge is -2.05. The highest BCUT2D eigenvalue weighted by Crippen LogP contribution is 2.04. The van der Waals surface area contributed by atoms with E-state index in [1.807, 2.05) is 12.2 Å². The number of carbonyl (C=O) groups is 2. The minimum Gasteiger partial charge on any atom is -0.379 e. The van der Waals surface area contributed by atoms with Crippen molar-refractivity contribution in [3.63, 3.8) is 0 Å². The highest BCUT2D eigenvalue weighted by atomic mass is 16.5. The van der Waals surface area contributed by atoms with Crippen molar-refractivity contribution in [2.24, 2.45) is 0 Å². The van der Waals surface area contributed by atoms with Gasteiger partial charge < -0.3 is 9.47 Å². The number of hydrogen-bond donors (Lipinski definition) is 0. The summed E-state index contributed by atoms with van der Waals surface area (Å²) in [5.74, 6) is 0.333. The second-order valence-electron chi connectivity index (χ2n) is 5.45. The van der Waals surface area contributed by atoms with Crippen LogP contribution in [-0.2, 0) is 19.1 Å². The van der Waals surface area contributed by atoms with E-state index in [9.17, 15) is 9.59 Å². The Balaban J connectivity index is 2.30. The second kappa shape index (κ2) is 13.4. The SMILES string of the molecule is O=C1/C=C/CCCC/C=C/C(=O)CCCOCCOCCC1. The lowest BCUT2D eigenvalue weighted by Crippen LogP contribution is -2.07. The van der Waals surface area contributed by atoms with Gasteiger partial charge in [0.05, 0.1) is 13.2 Å². The van der Waals surface area contributed by atoms with E-state index < -0.39 is 0 Å². The zero-order valence-electron chi connectivity index (χ0n) is 13.4. The summed E-state index contributed by atoms with van der Waals surface area (Å²) in [4.78, 5) is 23.2. The van der Waals surface area contributed by atoms with Gasteiger partial charge in [-0.15, -0.1) is 0 Å². The lowest BCUT2D eigenvalue weighted by atomic mass is 10.1. The summed E-state index contributed by atoms with van der Waals surface area (Å²) < 4.78 is 10.8. The molecule has 0 aromatic rings.